The summed E-state index contributed by atoms with van der Waals surface area (Å²) in [7, 11) is 3.67. The van der Waals surface area contributed by atoms with Crippen molar-refractivity contribution < 1.29 is 4.74 Å². The van der Waals surface area contributed by atoms with Crippen molar-refractivity contribution in [1.29, 1.82) is 0 Å². The van der Waals surface area contributed by atoms with Crippen LogP contribution in [0.2, 0.25) is 0 Å². The van der Waals surface area contributed by atoms with Crippen LogP contribution in [0.15, 0.2) is 18.2 Å². The number of nitrogens with zero attached hydrogens (tertiary/aromatic N) is 2. The summed E-state index contributed by atoms with van der Waals surface area (Å²) in [6, 6.07) is 6.30. The molecule has 4 heteroatoms. The van der Waals surface area contributed by atoms with Crippen molar-refractivity contribution in [3.8, 4) is 5.75 Å². The molecule has 1 atom stereocenters. The van der Waals surface area contributed by atoms with Gasteiger partial charge >= 0.3 is 0 Å². The number of aryl methyl sites for hydroxylation is 3. The lowest BCUT2D eigenvalue weighted by molar-refractivity contribution is 0.414. The predicted octanol–water partition coefficient (Wildman–Crippen LogP) is 3.53. The van der Waals surface area contributed by atoms with Gasteiger partial charge in [-0.2, -0.15) is 5.10 Å². The van der Waals surface area contributed by atoms with Crippen LogP contribution < -0.4 is 10.1 Å². The van der Waals surface area contributed by atoms with Gasteiger partial charge in [-0.15, -0.1) is 0 Å². The zero-order chi connectivity index (χ0) is 14.9. The number of benzene rings is 1. The maximum atomic E-state index is 5.24. The van der Waals surface area contributed by atoms with E-state index in [0.717, 1.165) is 17.1 Å². The second-order valence-corrected chi connectivity index (χ2v) is 5.25. The molecule has 1 unspecified atom stereocenters. The lowest BCUT2D eigenvalue weighted by Crippen LogP contribution is -2.10. The van der Waals surface area contributed by atoms with E-state index in [1.165, 1.54) is 16.8 Å². The van der Waals surface area contributed by atoms with Gasteiger partial charge in [0.05, 0.1) is 18.8 Å². The zero-order valence-corrected chi connectivity index (χ0v) is 13.1. The summed E-state index contributed by atoms with van der Waals surface area (Å²) in [6.07, 6.45) is 0. The Hall–Kier alpha value is -1.97. The molecule has 0 aliphatic heterocycles. The van der Waals surface area contributed by atoms with Crippen LogP contribution in [0.5, 0.6) is 5.75 Å². The number of anilines is 1. The van der Waals surface area contributed by atoms with Crippen LogP contribution >= 0.6 is 0 Å². The molecule has 0 bridgehead atoms. The van der Waals surface area contributed by atoms with E-state index in [-0.39, 0.29) is 6.04 Å². The van der Waals surface area contributed by atoms with Crippen molar-refractivity contribution in [2.75, 3.05) is 12.4 Å². The summed E-state index contributed by atoms with van der Waals surface area (Å²) in [5, 5.41) is 8.04. The second-order valence-electron chi connectivity index (χ2n) is 5.25. The lowest BCUT2D eigenvalue weighted by atomic mass is 10.1. The minimum absolute atomic E-state index is 0.218. The molecule has 4 nitrogen and oxygen atoms in total. The van der Waals surface area contributed by atoms with Crippen molar-refractivity contribution in [2.45, 2.75) is 33.7 Å². The molecule has 1 heterocycles. The monoisotopic (exact) mass is 273 g/mol. The minimum Gasteiger partial charge on any atom is -0.497 e. The second kappa shape index (κ2) is 5.57. The van der Waals surface area contributed by atoms with E-state index in [1.807, 2.05) is 23.9 Å². The highest BCUT2D eigenvalue weighted by atomic mass is 16.5. The van der Waals surface area contributed by atoms with E-state index in [2.05, 4.69) is 44.2 Å². The summed E-state index contributed by atoms with van der Waals surface area (Å²) in [5.74, 6) is 0.884. The van der Waals surface area contributed by atoms with Crippen molar-refractivity contribution in [1.82, 2.24) is 9.78 Å². The van der Waals surface area contributed by atoms with Crippen molar-refractivity contribution in [2.24, 2.45) is 7.05 Å². The van der Waals surface area contributed by atoms with Crippen LogP contribution in [-0.2, 0) is 7.05 Å². The van der Waals surface area contributed by atoms with Gasteiger partial charge in [-0.05, 0) is 51.5 Å². The summed E-state index contributed by atoms with van der Waals surface area (Å²) in [5.41, 5.74) is 5.85. The number of hydrogen-bond donors (Lipinski definition) is 1. The first-order chi connectivity index (χ1) is 9.43. The average molecular weight is 273 g/mol. The largest absolute Gasteiger partial charge is 0.497 e. The van der Waals surface area contributed by atoms with Crippen molar-refractivity contribution >= 4 is 5.69 Å². The first-order valence-electron chi connectivity index (χ1n) is 6.85. The van der Waals surface area contributed by atoms with Gasteiger partial charge in [-0.3, -0.25) is 4.68 Å². The van der Waals surface area contributed by atoms with Crippen molar-refractivity contribution in [3.63, 3.8) is 0 Å². The summed E-state index contributed by atoms with van der Waals surface area (Å²) < 4.78 is 7.17. The number of rotatable bonds is 4. The van der Waals surface area contributed by atoms with E-state index in [9.17, 15) is 0 Å². The molecule has 20 heavy (non-hydrogen) atoms. The molecule has 0 radical (unpaired) electrons. The molecule has 0 fully saturated rings. The molecule has 2 rings (SSSR count). The number of nitrogens with one attached hydrogen (secondary N) is 1. The number of methoxy groups -OCH3 is 1. The molecule has 2 aromatic rings. The third-order valence-corrected chi connectivity index (χ3v) is 3.80. The van der Waals surface area contributed by atoms with Crippen LogP contribution in [-0.4, -0.2) is 16.9 Å². The summed E-state index contributed by atoms with van der Waals surface area (Å²) >= 11 is 0. The Balaban J connectivity index is 2.25. The van der Waals surface area contributed by atoms with Crippen LogP contribution in [0, 0.1) is 20.8 Å². The van der Waals surface area contributed by atoms with Gasteiger partial charge in [0.1, 0.15) is 5.75 Å². The van der Waals surface area contributed by atoms with Crippen LogP contribution in [0.1, 0.15) is 35.5 Å². The highest BCUT2D eigenvalue weighted by Crippen LogP contribution is 2.28. The average Bonchev–Trinajstić information content (AvgIpc) is 2.65. The van der Waals surface area contributed by atoms with E-state index in [1.54, 1.807) is 7.11 Å². The molecule has 0 saturated carbocycles. The number of ether oxygens (including phenoxy) is 1. The summed E-state index contributed by atoms with van der Waals surface area (Å²) in [4.78, 5) is 0. The molecule has 1 aromatic heterocycles. The third kappa shape index (κ3) is 2.64. The van der Waals surface area contributed by atoms with Crippen LogP contribution in [0.4, 0.5) is 5.69 Å². The van der Waals surface area contributed by atoms with Crippen LogP contribution in [0.3, 0.4) is 0 Å². The Morgan fingerprint density at radius 2 is 1.95 bits per heavy atom. The topological polar surface area (TPSA) is 39.1 Å². The molecular formula is C16H23N3O. The van der Waals surface area contributed by atoms with E-state index >= 15 is 0 Å². The fourth-order valence-corrected chi connectivity index (χ4v) is 2.65. The van der Waals surface area contributed by atoms with Gasteiger partial charge in [-0.1, -0.05) is 0 Å². The van der Waals surface area contributed by atoms with E-state index < -0.39 is 0 Å². The normalized spacial score (nSPS) is 12.3. The predicted molar refractivity (Wildman–Crippen MR) is 82.5 cm³/mol. The Morgan fingerprint density at radius 1 is 1.25 bits per heavy atom. The molecule has 108 valence electrons. The number of hydrogen-bond acceptors (Lipinski definition) is 3. The standard InChI is InChI=1S/C16H23N3O/c1-10-9-14(20-6)7-8-15(10)17-11(2)16-12(3)18-19(5)13(16)4/h7-9,11,17H,1-6H3. The highest BCUT2D eigenvalue weighted by Gasteiger charge is 2.16. The van der Waals surface area contributed by atoms with Gasteiger partial charge in [0.2, 0.25) is 0 Å². The summed E-state index contributed by atoms with van der Waals surface area (Å²) in [6.45, 7) is 8.41. The molecule has 0 aliphatic rings. The Morgan fingerprint density at radius 3 is 2.45 bits per heavy atom. The van der Waals surface area contributed by atoms with E-state index in [4.69, 9.17) is 4.74 Å². The molecule has 0 spiro atoms. The molecule has 0 amide bonds. The number of aromatic nitrogens is 2. The first kappa shape index (κ1) is 14.4. The zero-order valence-electron chi connectivity index (χ0n) is 13.1. The SMILES string of the molecule is COc1ccc(NC(C)c2c(C)nn(C)c2C)c(C)c1. The van der Waals surface area contributed by atoms with Gasteiger partial charge in [0, 0.05) is 24.0 Å². The highest BCUT2D eigenvalue weighted by molar-refractivity contribution is 5.55. The minimum atomic E-state index is 0.218. The Bertz CT molecular complexity index is 616. The molecule has 0 saturated heterocycles. The lowest BCUT2D eigenvalue weighted by Gasteiger charge is -2.18. The van der Waals surface area contributed by atoms with Gasteiger partial charge in [-0.25, -0.2) is 0 Å². The van der Waals surface area contributed by atoms with E-state index in [0.29, 0.717) is 0 Å². The van der Waals surface area contributed by atoms with Crippen LogP contribution in [0.25, 0.3) is 0 Å². The quantitative estimate of drug-likeness (QED) is 0.926. The fraction of sp³-hybridized carbons (Fsp3) is 0.438. The Labute approximate surface area is 120 Å². The molecule has 1 N–H and O–H groups in total. The first-order valence-corrected chi connectivity index (χ1v) is 6.85. The Kier molecular flexibility index (Phi) is 4.02. The molecule has 0 aliphatic carbocycles. The van der Waals surface area contributed by atoms with Crippen molar-refractivity contribution in [3.05, 3.63) is 40.7 Å². The maximum absolute atomic E-state index is 5.24. The third-order valence-electron chi connectivity index (χ3n) is 3.80. The smallest absolute Gasteiger partial charge is 0.119 e. The molecular weight excluding hydrogens is 250 g/mol. The van der Waals surface area contributed by atoms with Gasteiger partial charge in [0.15, 0.2) is 0 Å². The maximum Gasteiger partial charge on any atom is 0.119 e. The molecule has 1 aromatic carbocycles. The van der Waals surface area contributed by atoms with Gasteiger partial charge < -0.3 is 10.1 Å². The fourth-order valence-electron chi connectivity index (χ4n) is 2.65. The van der Waals surface area contributed by atoms with Gasteiger partial charge in [0.25, 0.3) is 0 Å².